The van der Waals surface area contributed by atoms with Gasteiger partial charge in [0.15, 0.2) is 0 Å². The fourth-order valence-electron chi connectivity index (χ4n) is 1.54. The van der Waals surface area contributed by atoms with Gasteiger partial charge in [-0.2, -0.15) is 0 Å². The van der Waals surface area contributed by atoms with Crippen molar-refractivity contribution >= 4 is 11.8 Å². The number of hydrogen-bond acceptors (Lipinski definition) is 2. The van der Waals surface area contributed by atoms with Crippen LogP contribution in [0.1, 0.15) is 33.1 Å². The molecule has 0 spiro atoms. The van der Waals surface area contributed by atoms with Gasteiger partial charge in [0.2, 0.25) is 0 Å². The fourth-order valence-corrected chi connectivity index (χ4v) is 1.98. The molecule has 0 aliphatic carbocycles. The zero-order valence-corrected chi connectivity index (χ0v) is 11.3. The lowest BCUT2D eigenvalue weighted by atomic mass is 10.1. The van der Waals surface area contributed by atoms with Crippen molar-refractivity contribution in [2.75, 3.05) is 12.9 Å². The van der Waals surface area contributed by atoms with Gasteiger partial charge in [-0.1, -0.05) is 26.3 Å². The standard InChI is InChI=1S/C14H22OS/c1-12(2)7-4-5-10-15-13-8-6-9-14(11-13)16-3/h6,8-9,11-12H,4-5,7,10H2,1-3H3. The van der Waals surface area contributed by atoms with Crippen molar-refractivity contribution in [2.45, 2.75) is 38.0 Å². The number of thioether (sulfide) groups is 1. The van der Waals surface area contributed by atoms with Gasteiger partial charge in [0.05, 0.1) is 6.61 Å². The van der Waals surface area contributed by atoms with Gasteiger partial charge in [-0.05, 0) is 43.2 Å². The quantitative estimate of drug-likeness (QED) is 0.506. The van der Waals surface area contributed by atoms with E-state index in [1.54, 1.807) is 11.8 Å². The van der Waals surface area contributed by atoms with Crippen molar-refractivity contribution in [3.8, 4) is 5.75 Å². The highest BCUT2D eigenvalue weighted by Gasteiger charge is 1.97. The molecule has 1 aromatic carbocycles. The largest absolute Gasteiger partial charge is 0.494 e. The number of unbranched alkanes of at least 4 members (excludes halogenated alkanes) is 1. The van der Waals surface area contributed by atoms with Crippen LogP contribution in [0.25, 0.3) is 0 Å². The average Bonchev–Trinajstić information content (AvgIpc) is 2.28. The van der Waals surface area contributed by atoms with Crippen molar-refractivity contribution in [3.05, 3.63) is 24.3 Å². The third-order valence-corrected chi connectivity index (χ3v) is 3.21. The summed E-state index contributed by atoms with van der Waals surface area (Å²) in [4.78, 5) is 1.26. The van der Waals surface area contributed by atoms with Gasteiger partial charge >= 0.3 is 0 Å². The molecule has 0 saturated carbocycles. The minimum absolute atomic E-state index is 0.805. The van der Waals surface area contributed by atoms with E-state index in [4.69, 9.17) is 4.74 Å². The summed E-state index contributed by atoms with van der Waals surface area (Å²) in [6.45, 7) is 5.37. The van der Waals surface area contributed by atoms with Crippen LogP contribution in [0.5, 0.6) is 5.75 Å². The zero-order chi connectivity index (χ0) is 11.8. The van der Waals surface area contributed by atoms with Gasteiger partial charge in [0.25, 0.3) is 0 Å². The monoisotopic (exact) mass is 238 g/mol. The Hall–Kier alpha value is -0.630. The van der Waals surface area contributed by atoms with E-state index in [0.717, 1.165) is 24.7 Å². The van der Waals surface area contributed by atoms with Crippen LogP contribution < -0.4 is 4.74 Å². The molecule has 0 bridgehead atoms. The summed E-state index contributed by atoms with van der Waals surface area (Å²) in [7, 11) is 0. The van der Waals surface area contributed by atoms with E-state index in [-0.39, 0.29) is 0 Å². The van der Waals surface area contributed by atoms with Crippen molar-refractivity contribution in [2.24, 2.45) is 5.92 Å². The molecule has 16 heavy (non-hydrogen) atoms. The predicted molar refractivity (Wildman–Crippen MR) is 72.4 cm³/mol. The Morgan fingerprint density at radius 1 is 1.25 bits per heavy atom. The second kappa shape index (κ2) is 7.61. The fraction of sp³-hybridized carbons (Fsp3) is 0.571. The summed E-state index contributed by atoms with van der Waals surface area (Å²) < 4.78 is 5.72. The summed E-state index contributed by atoms with van der Waals surface area (Å²) >= 11 is 1.75. The first-order valence-corrected chi connectivity index (χ1v) is 7.21. The van der Waals surface area contributed by atoms with Crippen molar-refractivity contribution < 1.29 is 4.74 Å². The molecule has 0 heterocycles. The topological polar surface area (TPSA) is 9.23 Å². The first-order valence-electron chi connectivity index (χ1n) is 5.99. The van der Waals surface area contributed by atoms with Crippen LogP contribution in [0, 0.1) is 5.92 Å². The van der Waals surface area contributed by atoms with Crippen LogP contribution in [-0.4, -0.2) is 12.9 Å². The summed E-state index contributed by atoms with van der Waals surface area (Å²) in [5, 5.41) is 0. The molecule has 90 valence electrons. The predicted octanol–water partition coefficient (Wildman–Crippen LogP) is 4.61. The molecular formula is C14H22OS. The molecule has 0 N–H and O–H groups in total. The molecule has 0 unspecified atom stereocenters. The maximum absolute atomic E-state index is 5.72. The highest BCUT2D eigenvalue weighted by molar-refractivity contribution is 7.98. The van der Waals surface area contributed by atoms with Gasteiger partial charge in [0, 0.05) is 4.90 Å². The number of rotatable bonds is 7. The van der Waals surface area contributed by atoms with Crippen LogP contribution >= 0.6 is 11.8 Å². The average molecular weight is 238 g/mol. The second-order valence-electron chi connectivity index (χ2n) is 4.42. The molecule has 1 aromatic rings. The van der Waals surface area contributed by atoms with E-state index >= 15 is 0 Å². The molecule has 0 radical (unpaired) electrons. The Morgan fingerprint density at radius 3 is 2.75 bits per heavy atom. The van der Waals surface area contributed by atoms with Gasteiger partial charge < -0.3 is 4.74 Å². The van der Waals surface area contributed by atoms with Crippen LogP contribution in [0.15, 0.2) is 29.2 Å². The Balaban J connectivity index is 2.21. The number of ether oxygens (including phenoxy) is 1. The Labute approximate surface area is 104 Å². The summed E-state index contributed by atoms with van der Waals surface area (Å²) in [5.41, 5.74) is 0. The third-order valence-electron chi connectivity index (χ3n) is 2.49. The lowest BCUT2D eigenvalue weighted by Crippen LogP contribution is -1.98. The van der Waals surface area contributed by atoms with Gasteiger partial charge in [-0.25, -0.2) is 0 Å². The normalized spacial score (nSPS) is 10.8. The van der Waals surface area contributed by atoms with E-state index in [9.17, 15) is 0 Å². The molecule has 0 aromatic heterocycles. The van der Waals surface area contributed by atoms with E-state index in [0.29, 0.717) is 0 Å². The van der Waals surface area contributed by atoms with Crippen LogP contribution in [0.2, 0.25) is 0 Å². The molecular weight excluding hydrogens is 216 g/mol. The highest BCUT2D eigenvalue weighted by atomic mass is 32.2. The minimum atomic E-state index is 0.805. The molecule has 0 aliphatic heterocycles. The second-order valence-corrected chi connectivity index (χ2v) is 5.30. The van der Waals surface area contributed by atoms with E-state index in [2.05, 4.69) is 38.3 Å². The minimum Gasteiger partial charge on any atom is -0.494 e. The zero-order valence-electron chi connectivity index (χ0n) is 10.5. The number of benzene rings is 1. The van der Waals surface area contributed by atoms with Gasteiger partial charge in [0.1, 0.15) is 5.75 Å². The SMILES string of the molecule is CSc1cccc(OCCCCC(C)C)c1. The molecule has 0 saturated heterocycles. The van der Waals surface area contributed by atoms with Crippen LogP contribution in [-0.2, 0) is 0 Å². The van der Waals surface area contributed by atoms with Crippen molar-refractivity contribution in [1.82, 2.24) is 0 Å². The van der Waals surface area contributed by atoms with E-state index < -0.39 is 0 Å². The summed E-state index contributed by atoms with van der Waals surface area (Å²) in [5.74, 6) is 1.80. The van der Waals surface area contributed by atoms with E-state index in [1.165, 1.54) is 17.7 Å². The van der Waals surface area contributed by atoms with Crippen LogP contribution in [0.4, 0.5) is 0 Å². The third kappa shape index (κ3) is 5.45. The van der Waals surface area contributed by atoms with Gasteiger partial charge in [-0.15, -0.1) is 11.8 Å². The van der Waals surface area contributed by atoms with Gasteiger partial charge in [-0.3, -0.25) is 0 Å². The Morgan fingerprint density at radius 2 is 2.06 bits per heavy atom. The molecule has 0 atom stereocenters. The Bertz CT molecular complexity index is 297. The molecule has 1 rings (SSSR count). The Kier molecular flexibility index (Phi) is 6.39. The lowest BCUT2D eigenvalue weighted by molar-refractivity contribution is 0.301. The summed E-state index contributed by atoms with van der Waals surface area (Å²) in [6, 6.07) is 8.29. The molecule has 1 nitrogen and oxygen atoms in total. The van der Waals surface area contributed by atoms with Crippen molar-refractivity contribution in [1.29, 1.82) is 0 Å². The van der Waals surface area contributed by atoms with Crippen LogP contribution in [0.3, 0.4) is 0 Å². The highest BCUT2D eigenvalue weighted by Crippen LogP contribution is 2.20. The summed E-state index contributed by atoms with van der Waals surface area (Å²) in [6.07, 6.45) is 5.80. The lowest BCUT2D eigenvalue weighted by Gasteiger charge is -2.08. The van der Waals surface area contributed by atoms with Crippen molar-refractivity contribution in [3.63, 3.8) is 0 Å². The first-order chi connectivity index (χ1) is 7.72. The molecule has 2 heteroatoms. The maximum Gasteiger partial charge on any atom is 0.120 e. The first kappa shape index (κ1) is 13.4. The molecule has 0 amide bonds. The van der Waals surface area contributed by atoms with E-state index in [1.807, 2.05) is 6.07 Å². The molecule has 0 aliphatic rings. The smallest absolute Gasteiger partial charge is 0.120 e. The number of hydrogen-bond donors (Lipinski definition) is 0. The molecule has 0 fully saturated rings. The maximum atomic E-state index is 5.72.